The minimum Gasteiger partial charge on any atom is -0.380 e. The van der Waals surface area contributed by atoms with Crippen molar-refractivity contribution in [2.45, 2.75) is 6.10 Å². The van der Waals surface area contributed by atoms with Crippen molar-refractivity contribution in [2.24, 2.45) is 14.1 Å². The Morgan fingerprint density at radius 3 is 1.79 bits per heavy atom. The molecular formula is C9H12N4O. The van der Waals surface area contributed by atoms with Gasteiger partial charge in [-0.1, -0.05) is 0 Å². The molecule has 5 nitrogen and oxygen atoms in total. The Bertz CT molecular complexity index is 391. The molecule has 0 aromatic carbocycles. The van der Waals surface area contributed by atoms with Crippen LogP contribution >= 0.6 is 0 Å². The molecule has 0 atom stereocenters. The fourth-order valence-corrected chi connectivity index (χ4v) is 1.46. The van der Waals surface area contributed by atoms with E-state index in [1.807, 2.05) is 0 Å². The van der Waals surface area contributed by atoms with E-state index in [2.05, 4.69) is 10.2 Å². The molecule has 0 radical (unpaired) electrons. The molecule has 0 bridgehead atoms. The number of aryl methyl sites for hydroxylation is 2. The fraction of sp³-hybridized carbons (Fsp3) is 0.333. The largest absolute Gasteiger partial charge is 0.380 e. The molecule has 0 saturated carbocycles. The topological polar surface area (TPSA) is 55.9 Å². The van der Waals surface area contributed by atoms with Crippen molar-refractivity contribution in [3.05, 3.63) is 35.9 Å². The van der Waals surface area contributed by atoms with Gasteiger partial charge in [0.15, 0.2) is 0 Å². The number of nitrogens with zero attached hydrogens (tertiary/aromatic N) is 4. The first-order valence-electron chi connectivity index (χ1n) is 4.34. The van der Waals surface area contributed by atoms with Crippen molar-refractivity contribution in [3.8, 4) is 0 Å². The molecule has 5 heteroatoms. The molecule has 2 aromatic heterocycles. The highest BCUT2D eigenvalue weighted by Crippen LogP contribution is 2.19. The highest BCUT2D eigenvalue weighted by molar-refractivity contribution is 5.17. The second-order valence-corrected chi connectivity index (χ2v) is 3.16. The fourth-order valence-electron chi connectivity index (χ4n) is 1.46. The van der Waals surface area contributed by atoms with Crippen LogP contribution in [0.4, 0.5) is 0 Å². The number of aliphatic hydroxyl groups excluding tert-OH is 1. The first-order valence-corrected chi connectivity index (χ1v) is 4.34. The van der Waals surface area contributed by atoms with E-state index in [0.29, 0.717) is 0 Å². The first kappa shape index (κ1) is 8.96. The van der Waals surface area contributed by atoms with Crippen LogP contribution in [0.3, 0.4) is 0 Å². The summed E-state index contributed by atoms with van der Waals surface area (Å²) in [6.07, 6.45) is 2.65. The lowest BCUT2D eigenvalue weighted by molar-refractivity contribution is 0.199. The summed E-state index contributed by atoms with van der Waals surface area (Å²) in [5.41, 5.74) is 1.52. The number of hydrogen-bond donors (Lipinski definition) is 1. The summed E-state index contributed by atoms with van der Waals surface area (Å²) >= 11 is 0. The van der Waals surface area contributed by atoms with Crippen LogP contribution in [0.15, 0.2) is 24.5 Å². The van der Waals surface area contributed by atoms with Gasteiger partial charge in [0.1, 0.15) is 6.10 Å². The molecule has 2 aromatic rings. The Kier molecular flexibility index (Phi) is 2.09. The standard InChI is InChI=1S/C9H12N4O/c1-12-7(3-5-10-12)9(14)8-4-6-11-13(8)2/h3-6,9,14H,1-2H3. The Balaban J connectivity index is 2.38. The molecule has 0 unspecified atom stereocenters. The van der Waals surface area contributed by atoms with Crippen molar-refractivity contribution in [3.63, 3.8) is 0 Å². The SMILES string of the molecule is Cn1nccc1C(O)c1ccnn1C. The zero-order valence-electron chi connectivity index (χ0n) is 8.12. The maximum atomic E-state index is 10.0. The molecule has 2 rings (SSSR count). The predicted octanol–water partition coefficient (Wildman–Crippen LogP) is 0.235. The average molecular weight is 192 g/mol. The summed E-state index contributed by atoms with van der Waals surface area (Å²) < 4.78 is 3.30. The van der Waals surface area contributed by atoms with Gasteiger partial charge in [-0.15, -0.1) is 0 Å². The molecule has 0 amide bonds. The van der Waals surface area contributed by atoms with Crippen molar-refractivity contribution in [2.75, 3.05) is 0 Å². The lowest BCUT2D eigenvalue weighted by atomic mass is 10.2. The maximum Gasteiger partial charge on any atom is 0.137 e. The molecule has 14 heavy (non-hydrogen) atoms. The van der Waals surface area contributed by atoms with Gasteiger partial charge in [0, 0.05) is 26.5 Å². The minimum atomic E-state index is -0.671. The number of aliphatic hydroxyl groups is 1. The Morgan fingerprint density at radius 2 is 1.50 bits per heavy atom. The summed E-state index contributed by atoms with van der Waals surface area (Å²) in [7, 11) is 3.60. The lowest BCUT2D eigenvalue weighted by Crippen LogP contribution is -2.10. The molecule has 2 heterocycles. The smallest absolute Gasteiger partial charge is 0.137 e. The maximum absolute atomic E-state index is 10.0. The molecule has 0 fully saturated rings. The van der Waals surface area contributed by atoms with Crippen LogP contribution in [0, 0.1) is 0 Å². The summed E-state index contributed by atoms with van der Waals surface area (Å²) in [6, 6.07) is 3.58. The third-order valence-electron chi connectivity index (χ3n) is 2.28. The van der Waals surface area contributed by atoms with E-state index >= 15 is 0 Å². The number of aromatic nitrogens is 4. The van der Waals surface area contributed by atoms with Gasteiger partial charge in [0.25, 0.3) is 0 Å². The van der Waals surface area contributed by atoms with Crippen LogP contribution in [0.1, 0.15) is 17.5 Å². The van der Waals surface area contributed by atoms with E-state index < -0.39 is 6.10 Å². The van der Waals surface area contributed by atoms with E-state index in [1.54, 1.807) is 48.0 Å². The van der Waals surface area contributed by atoms with Gasteiger partial charge in [-0.25, -0.2) is 0 Å². The molecule has 0 aliphatic rings. The highest BCUT2D eigenvalue weighted by atomic mass is 16.3. The summed E-state index contributed by atoms with van der Waals surface area (Å²) in [4.78, 5) is 0. The second-order valence-electron chi connectivity index (χ2n) is 3.16. The minimum absolute atomic E-state index is 0.671. The lowest BCUT2D eigenvalue weighted by Gasteiger charge is -2.10. The van der Waals surface area contributed by atoms with Crippen LogP contribution in [0.2, 0.25) is 0 Å². The normalized spacial score (nSPS) is 11.1. The molecule has 0 aliphatic heterocycles. The number of rotatable bonds is 2. The van der Waals surface area contributed by atoms with Crippen molar-refractivity contribution < 1.29 is 5.11 Å². The molecule has 0 aliphatic carbocycles. The van der Waals surface area contributed by atoms with Gasteiger partial charge in [0.05, 0.1) is 11.4 Å². The second kappa shape index (κ2) is 3.26. The first-order chi connectivity index (χ1) is 6.70. The average Bonchev–Trinajstić information content (AvgIpc) is 2.73. The van der Waals surface area contributed by atoms with Crippen molar-refractivity contribution in [1.82, 2.24) is 19.6 Å². The van der Waals surface area contributed by atoms with Crippen LogP contribution in [0.25, 0.3) is 0 Å². The van der Waals surface area contributed by atoms with E-state index in [-0.39, 0.29) is 0 Å². The summed E-state index contributed by atoms with van der Waals surface area (Å²) in [5.74, 6) is 0. The van der Waals surface area contributed by atoms with Crippen LogP contribution < -0.4 is 0 Å². The van der Waals surface area contributed by atoms with E-state index in [9.17, 15) is 5.11 Å². The van der Waals surface area contributed by atoms with E-state index in [4.69, 9.17) is 0 Å². The van der Waals surface area contributed by atoms with Gasteiger partial charge in [-0.05, 0) is 12.1 Å². The quantitative estimate of drug-likeness (QED) is 0.741. The van der Waals surface area contributed by atoms with Gasteiger partial charge < -0.3 is 5.11 Å². The molecule has 0 spiro atoms. The van der Waals surface area contributed by atoms with Crippen LogP contribution in [-0.4, -0.2) is 24.7 Å². The summed E-state index contributed by atoms with van der Waals surface area (Å²) in [6.45, 7) is 0. The van der Waals surface area contributed by atoms with Crippen LogP contribution in [-0.2, 0) is 14.1 Å². The molecule has 1 N–H and O–H groups in total. The monoisotopic (exact) mass is 192 g/mol. The Labute approximate surface area is 81.6 Å². The van der Waals surface area contributed by atoms with Gasteiger partial charge >= 0.3 is 0 Å². The van der Waals surface area contributed by atoms with Crippen LogP contribution in [0.5, 0.6) is 0 Å². The third-order valence-corrected chi connectivity index (χ3v) is 2.28. The summed E-state index contributed by atoms with van der Waals surface area (Å²) in [5, 5.41) is 18.0. The van der Waals surface area contributed by atoms with Gasteiger partial charge in [-0.2, -0.15) is 10.2 Å². The third kappa shape index (κ3) is 1.31. The Hall–Kier alpha value is -1.62. The van der Waals surface area contributed by atoms with Gasteiger partial charge in [0.2, 0.25) is 0 Å². The predicted molar refractivity (Wildman–Crippen MR) is 50.5 cm³/mol. The molecule has 74 valence electrons. The zero-order chi connectivity index (χ0) is 10.1. The van der Waals surface area contributed by atoms with Gasteiger partial charge in [-0.3, -0.25) is 9.36 Å². The van der Waals surface area contributed by atoms with E-state index in [1.165, 1.54) is 0 Å². The molecule has 0 saturated heterocycles. The zero-order valence-corrected chi connectivity index (χ0v) is 8.12. The van der Waals surface area contributed by atoms with Crippen molar-refractivity contribution >= 4 is 0 Å². The van der Waals surface area contributed by atoms with Crippen molar-refractivity contribution in [1.29, 1.82) is 0 Å². The highest BCUT2D eigenvalue weighted by Gasteiger charge is 2.16. The Morgan fingerprint density at radius 1 is 1.07 bits per heavy atom. The molecular weight excluding hydrogens is 180 g/mol. The van der Waals surface area contributed by atoms with E-state index in [0.717, 1.165) is 11.4 Å². The number of hydrogen-bond acceptors (Lipinski definition) is 3.